The maximum atomic E-state index is 11.3. The fraction of sp³-hybridized carbons (Fsp3) is 0.700. The van der Waals surface area contributed by atoms with E-state index in [0.717, 1.165) is 0 Å². The lowest BCUT2D eigenvalue weighted by atomic mass is 9.91. The third kappa shape index (κ3) is 1.25. The van der Waals surface area contributed by atoms with Crippen molar-refractivity contribution in [3.63, 3.8) is 0 Å². The monoisotopic (exact) mass is 334 g/mol. The third-order valence-electron chi connectivity index (χ3n) is 3.70. The van der Waals surface area contributed by atoms with E-state index in [-0.39, 0.29) is 16.5 Å². The summed E-state index contributed by atoms with van der Waals surface area (Å²) >= 11 is 25.0. The number of hydrogen-bond acceptors (Lipinski definition) is 3. The van der Waals surface area contributed by atoms with Crippen molar-refractivity contribution in [2.75, 3.05) is 14.2 Å². The molecule has 2 bridgehead atoms. The zero-order valence-electron chi connectivity index (χ0n) is 9.47. The van der Waals surface area contributed by atoms with Crippen LogP contribution < -0.4 is 0 Å². The molecule has 1 N–H and O–H groups in total. The number of ether oxygens (including phenoxy) is 2. The molecular weight excluding hydrogens is 326 g/mol. The Morgan fingerprint density at radius 3 is 2.11 bits per heavy atom. The minimum Gasteiger partial charge on any atom is -0.481 e. The first-order chi connectivity index (χ1) is 8.23. The average molecular weight is 336 g/mol. The van der Waals surface area contributed by atoms with Gasteiger partial charge in [-0.15, -0.1) is 23.2 Å². The van der Waals surface area contributed by atoms with E-state index in [9.17, 15) is 9.90 Å². The lowest BCUT2D eigenvalue weighted by Crippen LogP contribution is -2.57. The highest BCUT2D eigenvalue weighted by Gasteiger charge is 2.82. The number of rotatable bonds is 3. The molecule has 0 aliphatic heterocycles. The van der Waals surface area contributed by atoms with Crippen molar-refractivity contribution in [3.05, 3.63) is 10.1 Å². The number of carbonyl (C=O) groups is 1. The Morgan fingerprint density at radius 2 is 1.78 bits per heavy atom. The Hall–Kier alpha value is 0.290. The van der Waals surface area contributed by atoms with Gasteiger partial charge in [0.2, 0.25) is 5.79 Å². The molecule has 0 radical (unpaired) electrons. The van der Waals surface area contributed by atoms with E-state index in [2.05, 4.69) is 0 Å². The van der Waals surface area contributed by atoms with Gasteiger partial charge in [-0.05, 0) is 6.42 Å². The summed E-state index contributed by atoms with van der Waals surface area (Å²) in [5, 5.41) is 9.30. The second-order valence-electron chi connectivity index (χ2n) is 4.26. The standard InChI is InChI=1S/C10H10Cl4O4/c1-17-10(18-2)8(13)3-4(7(15)16)9(10,14)6(12)5(8)11/h4H,3H2,1-2H3,(H,15,16)/t4-,8+,9+/m1/s1. The van der Waals surface area contributed by atoms with E-state index < -0.39 is 27.4 Å². The highest BCUT2D eigenvalue weighted by atomic mass is 35.5. The van der Waals surface area contributed by atoms with Gasteiger partial charge < -0.3 is 14.6 Å². The van der Waals surface area contributed by atoms with E-state index in [4.69, 9.17) is 55.9 Å². The first kappa shape index (κ1) is 14.7. The second kappa shape index (κ2) is 4.14. The van der Waals surface area contributed by atoms with Crippen LogP contribution in [0.2, 0.25) is 0 Å². The van der Waals surface area contributed by atoms with Gasteiger partial charge in [-0.1, -0.05) is 23.2 Å². The molecule has 102 valence electrons. The van der Waals surface area contributed by atoms with Crippen LogP contribution in [0.4, 0.5) is 0 Å². The van der Waals surface area contributed by atoms with Crippen molar-refractivity contribution in [1.29, 1.82) is 0 Å². The van der Waals surface area contributed by atoms with Crippen molar-refractivity contribution in [2.45, 2.75) is 22.0 Å². The average Bonchev–Trinajstić information content (AvgIpc) is 2.60. The zero-order valence-corrected chi connectivity index (χ0v) is 12.5. The molecule has 0 saturated heterocycles. The maximum Gasteiger partial charge on any atom is 0.308 e. The number of carboxylic acid groups (broad SMARTS) is 1. The van der Waals surface area contributed by atoms with Crippen LogP contribution in [0.5, 0.6) is 0 Å². The second-order valence-corrected chi connectivity index (χ2v) is 6.26. The van der Waals surface area contributed by atoms with E-state index >= 15 is 0 Å². The Bertz CT molecular complexity index is 447. The minimum absolute atomic E-state index is 0.0237. The van der Waals surface area contributed by atoms with E-state index in [0.29, 0.717) is 0 Å². The Morgan fingerprint density at radius 1 is 1.28 bits per heavy atom. The molecule has 0 spiro atoms. The fourth-order valence-corrected chi connectivity index (χ4v) is 4.95. The molecule has 0 amide bonds. The summed E-state index contributed by atoms with van der Waals surface area (Å²) in [7, 11) is 2.64. The molecule has 0 heterocycles. The fourth-order valence-electron chi connectivity index (χ4n) is 2.90. The third-order valence-corrected chi connectivity index (χ3v) is 6.28. The molecular formula is C10H10Cl4O4. The van der Waals surface area contributed by atoms with Crippen LogP contribution in [-0.4, -0.2) is 40.8 Å². The molecule has 0 unspecified atom stereocenters. The first-order valence-corrected chi connectivity index (χ1v) is 6.51. The summed E-state index contributed by atoms with van der Waals surface area (Å²) in [5.74, 6) is -3.79. The molecule has 4 nitrogen and oxygen atoms in total. The minimum atomic E-state index is -1.64. The van der Waals surface area contributed by atoms with Gasteiger partial charge in [0.05, 0.1) is 16.0 Å². The Kier molecular flexibility index (Phi) is 3.38. The van der Waals surface area contributed by atoms with Crippen molar-refractivity contribution in [2.24, 2.45) is 5.92 Å². The molecule has 18 heavy (non-hydrogen) atoms. The number of aliphatic carboxylic acids is 1. The van der Waals surface area contributed by atoms with Gasteiger partial charge >= 0.3 is 5.97 Å². The summed E-state index contributed by atoms with van der Waals surface area (Å²) < 4.78 is 10.6. The highest BCUT2D eigenvalue weighted by molar-refractivity contribution is 6.52. The molecule has 0 aromatic heterocycles. The predicted molar refractivity (Wildman–Crippen MR) is 68.4 cm³/mol. The van der Waals surface area contributed by atoms with Gasteiger partial charge in [0.25, 0.3) is 0 Å². The van der Waals surface area contributed by atoms with Crippen molar-refractivity contribution >= 4 is 52.4 Å². The Labute approximate surface area is 124 Å². The molecule has 2 aliphatic carbocycles. The van der Waals surface area contributed by atoms with Gasteiger partial charge in [0, 0.05) is 14.2 Å². The van der Waals surface area contributed by atoms with Crippen LogP contribution >= 0.6 is 46.4 Å². The van der Waals surface area contributed by atoms with Gasteiger partial charge in [-0.2, -0.15) is 0 Å². The maximum absolute atomic E-state index is 11.3. The summed E-state index contributed by atoms with van der Waals surface area (Å²) in [6.45, 7) is 0. The number of hydrogen-bond donors (Lipinski definition) is 1. The normalized spacial score (nSPS) is 41.6. The molecule has 1 saturated carbocycles. The predicted octanol–water partition coefficient (Wildman–Crippen LogP) is 2.74. The van der Waals surface area contributed by atoms with Gasteiger partial charge in [-0.3, -0.25) is 4.79 Å². The molecule has 2 aliphatic rings. The molecule has 1 fully saturated rings. The molecule has 2 rings (SSSR count). The topological polar surface area (TPSA) is 55.8 Å². The van der Waals surface area contributed by atoms with Crippen LogP contribution in [0.15, 0.2) is 10.1 Å². The van der Waals surface area contributed by atoms with Crippen LogP contribution in [-0.2, 0) is 14.3 Å². The quantitative estimate of drug-likeness (QED) is 0.636. The van der Waals surface area contributed by atoms with Crippen molar-refractivity contribution in [1.82, 2.24) is 0 Å². The zero-order chi connectivity index (χ0) is 13.9. The summed E-state index contributed by atoms with van der Waals surface area (Å²) in [5.41, 5.74) is 0. The molecule has 0 aromatic carbocycles. The van der Waals surface area contributed by atoms with Crippen molar-refractivity contribution in [3.8, 4) is 0 Å². The smallest absolute Gasteiger partial charge is 0.308 e. The van der Waals surface area contributed by atoms with Crippen molar-refractivity contribution < 1.29 is 19.4 Å². The first-order valence-electron chi connectivity index (χ1n) is 5.00. The number of alkyl halides is 2. The lowest BCUT2D eigenvalue weighted by molar-refractivity contribution is -0.219. The lowest BCUT2D eigenvalue weighted by Gasteiger charge is -2.40. The summed E-state index contributed by atoms with van der Waals surface area (Å²) in [6, 6.07) is 0. The number of carboxylic acids is 1. The highest BCUT2D eigenvalue weighted by Crippen LogP contribution is 2.71. The summed E-state index contributed by atoms with van der Waals surface area (Å²) in [4.78, 5) is 8.29. The van der Waals surface area contributed by atoms with Crippen LogP contribution in [0.3, 0.4) is 0 Å². The van der Waals surface area contributed by atoms with Gasteiger partial charge in [0.15, 0.2) is 4.87 Å². The van der Waals surface area contributed by atoms with Crippen LogP contribution in [0.1, 0.15) is 6.42 Å². The van der Waals surface area contributed by atoms with Crippen LogP contribution in [0.25, 0.3) is 0 Å². The largest absolute Gasteiger partial charge is 0.481 e. The van der Waals surface area contributed by atoms with E-state index in [1.54, 1.807) is 0 Å². The number of methoxy groups -OCH3 is 2. The molecule has 0 aromatic rings. The Balaban J connectivity index is 2.73. The SMILES string of the molecule is COC1(OC)[C@@]2(Cl)C(Cl)=C(Cl)[C@@]1(Cl)C[C@@H]2C(=O)O. The summed E-state index contributed by atoms with van der Waals surface area (Å²) in [6.07, 6.45) is -0.0237. The van der Waals surface area contributed by atoms with E-state index in [1.807, 2.05) is 0 Å². The number of fused-ring (bicyclic) bond motifs is 2. The van der Waals surface area contributed by atoms with E-state index in [1.165, 1.54) is 14.2 Å². The van der Waals surface area contributed by atoms with Gasteiger partial charge in [-0.25, -0.2) is 0 Å². The number of halogens is 4. The van der Waals surface area contributed by atoms with Crippen LogP contribution in [0, 0.1) is 5.92 Å². The molecule has 3 atom stereocenters. The van der Waals surface area contributed by atoms with Gasteiger partial charge in [0.1, 0.15) is 4.87 Å². The molecule has 8 heteroatoms.